The summed E-state index contributed by atoms with van der Waals surface area (Å²) in [5, 5.41) is 3.23. The highest BCUT2D eigenvalue weighted by Crippen LogP contribution is 2.26. The first kappa shape index (κ1) is 11.7. The minimum atomic E-state index is -2.38. The van der Waals surface area contributed by atoms with E-state index < -0.39 is 12.5 Å². The molecule has 0 saturated carbocycles. The molecule has 1 nitrogen and oxygen atoms in total. The normalized spacial score (nSPS) is 13.0. The van der Waals surface area contributed by atoms with Crippen molar-refractivity contribution in [2.45, 2.75) is 19.4 Å². The summed E-state index contributed by atoms with van der Waals surface area (Å²) in [6.07, 6.45) is -2.38. The minimum absolute atomic E-state index is 0.556. The van der Waals surface area contributed by atoms with Gasteiger partial charge in [-0.1, -0.05) is 11.6 Å². The molecule has 5 heteroatoms. The van der Waals surface area contributed by atoms with Crippen LogP contribution in [0.1, 0.15) is 6.92 Å². The summed E-state index contributed by atoms with van der Waals surface area (Å²) in [7, 11) is 0. The van der Waals surface area contributed by atoms with Gasteiger partial charge in [-0.2, -0.15) is 0 Å². The number of hydrogen-bond donors (Lipinski definition) is 1. The highest BCUT2D eigenvalue weighted by Gasteiger charge is 2.13. The van der Waals surface area contributed by atoms with E-state index in [9.17, 15) is 8.78 Å². The van der Waals surface area contributed by atoms with Gasteiger partial charge in [0.05, 0.1) is 11.1 Å². The molecule has 78 valence electrons. The lowest BCUT2D eigenvalue weighted by Crippen LogP contribution is -2.23. The van der Waals surface area contributed by atoms with Crippen molar-refractivity contribution in [3.05, 3.63) is 27.7 Å². The first-order valence-electron chi connectivity index (χ1n) is 4.00. The number of halogens is 4. The summed E-state index contributed by atoms with van der Waals surface area (Å²) in [4.78, 5) is 0. The first-order valence-corrected chi connectivity index (χ1v) is 5.17. The van der Waals surface area contributed by atoms with Gasteiger partial charge < -0.3 is 5.32 Å². The minimum Gasteiger partial charge on any atom is -0.377 e. The molecule has 1 aromatic rings. The Kier molecular flexibility index (Phi) is 4.13. The third-order valence-electron chi connectivity index (χ3n) is 1.69. The average molecular weight is 285 g/mol. The Labute approximate surface area is 94.6 Å². The molecule has 1 rings (SSSR count). The van der Waals surface area contributed by atoms with Gasteiger partial charge in [0.25, 0.3) is 6.43 Å². The number of rotatable bonds is 3. The van der Waals surface area contributed by atoms with Gasteiger partial charge in [0.1, 0.15) is 0 Å². The van der Waals surface area contributed by atoms with E-state index in [1.165, 1.54) is 6.92 Å². The SMILES string of the molecule is CC(Nc1ccc(Cl)c(Br)c1)C(F)F. The number of benzene rings is 1. The lowest BCUT2D eigenvalue weighted by Gasteiger charge is -2.14. The van der Waals surface area contributed by atoms with E-state index in [1.54, 1.807) is 18.2 Å². The van der Waals surface area contributed by atoms with Crippen LogP contribution in [0.2, 0.25) is 5.02 Å². The Morgan fingerprint density at radius 3 is 2.57 bits per heavy atom. The van der Waals surface area contributed by atoms with Crippen LogP contribution < -0.4 is 5.32 Å². The highest BCUT2D eigenvalue weighted by molar-refractivity contribution is 9.10. The van der Waals surface area contributed by atoms with Gasteiger partial charge in [-0.25, -0.2) is 8.78 Å². The molecule has 0 amide bonds. The third kappa shape index (κ3) is 3.10. The monoisotopic (exact) mass is 283 g/mol. The van der Waals surface area contributed by atoms with Gasteiger partial charge in [0.15, 0.2) is 0 Å². The Balaban J connectivity index is 2.73. The van der Waals surface area contributed by atoms with Crippen LogP contribution in [0.5, 0.6) is 0 Å². The van der Waals surface area contributed by atoms with Gasteiger partial charge in [0, 0.05) is 10.2 Å². The maximum Gasteiger partial charge on any atom is 0.258 e. The van der Waals surface area contributed by atoms with Crippen LogP contribution in [0.4, 0.5) is 14.5 Å². The highest BCUT2D eigenvalue weighted by atomic mass is 79.9. The van der Waals surface area contributed by atoms with E-state index in [0.717, 1.165) is 0 Å². The van der Waals surface area contributed by atoms with Crippen LogP contribution in [-0.4, -0.2) is 12.5 Å². The molecule has 1 aromatic carbocycles. The summed E-state index contributed by atoms with van der Waals surface area (Å²) in [6.45, 7) is 1.42. The lowest BCUT2D eigenvalue weighted by atomic mass is 10.3. The largest absolute Gasteiger partial charge is 0.377 e. The van der Waals surface area contributed by atoms with Crippen LogP contribution in [0.3, 0.4) is 0 Å². The van der Waals surface area contributed by atoms with E-state index in [0.29, 0.717) is 15.2 Å². The molecule has 0 aliphatic rings. The zero-order valence-corrected chi connectivity index (χ0v) is 9.74. The van der Waals surface area contributed by atoms with Crippen LogP contribution in [0.15, 0.2) is 22.7 Å². The molecule has 0 spiro atoms. The molecule has 0 fully saturated rings. The van der Waals surface area contributed by atoms with Crippen LogP contribution in [-0.2, 0) is 0 Å². The van der Waals surface area contributed by atoms with Gasteiger partial charge in [0.2, 0.25) is 0 Å². The van der Waals surface area contributed by atoms with Crippen LogP contribution in [0, 0.1) is 0 Å². The molecule has 0 radical (unpaired) electrons. The fourth-order valence-corrected chi connectivity index (χ4v) is 1.41. The standard InChI is InChI=1S/C9H9BrClF2N/c1-5(9(12)13)14-6-2-3-8(11)7(10)4-6/h2-5,9,14H,1H3. The summed E-state index contributed by atoms with van der Waals surface area (Å²) >= 11 is 8.97. The van der Waals surface area contributed by atoms with E-state index in [-0.39, 0.29) is 0 Å². The zero-order valence-electron chi connectivity index (χ0n) is 7.40. The lowest BCUT2D eigenvalue weighted by molar-refractivity contribution is 0.131. The number of anilines is 1. The molecule has 1 N–H and O–H groups in total. The van der Waals surface area contributed by atoms with Gasteiger partial charge >= 0.3 is 0 Å². The second-order valence-corrected chi connectivity index (χ2v) is 4.16. The molecule has 1 atom stereocenters. The third-order valence-corrected chi connectivity index (χ3v) is 2.91. The van der Waals surface area contributed by atoms with E-state index in [2.05, 4.69) is 21.2 Å². The van der Waals surface area contributed by atoms with Crippen molar-refractivity contribution in [1.29, 1.82) is 0 Å². The summed E-state index contributed by atoms with van der Waals surface area (Å²) in [5.41, 5.74) is 0.620. The molecule has 0 bridgehead atoms. The maximum absolute atomic E-state index is 12.2. The molecule has 0 saturated heterocycles. The first-order chi connectivity index (χ1) is 6.50. The van der Waals surface area contributed by atoms with Crippen LogP contribution in [0.25, 0.3) is 0 Å². The quantitative estimate of drug-likeness (QED) is 0.878. The zero-order chi connectivity index (χ0) is 10.7. The Bertz CT molecular complexity index is 320. The summed E-state index contributed by atoms with van der Waals surface area (Å²) in [6, 6.07) is 4.10. The van der Waals surface area contributed by atoms with Crippen molar-refractivity contribution in [3.8, 4) is 0 Å². The predicted octanol–water partition coefficient (Wildman–Crippen LogP) is 4.17. The van der Waals surface area contributed by atoms with E-state index in [4.69, 9.17) is 11.6 Å². The maximum atomic E-state index is 12.2. The summed E-state index contributed by atoms with van der Waals surface area (Å²) in [5.74, 6) is 0. The molecule has 0 aromatic heterocycles. The smallest absolute Gasteiger partial charge is 0.258 e. The molecule has 14 heavy (non-hydrogen) atoms. The molecular weight excluding hydrogens is 275 g/mol. The van der Waals surface area contributed by atoms with Crippen LogP contribution >= 0.6 is 27.5 Å². The fourth-order valence-electron chi connectivity index (χ4n) is 0.912. The molecule has 1 unspecified atom stereocenters. The Morgan fingerprint density at radius 2 is 2.07 bits per heavy atom. The molecule has 0 aliphatic carbocycles. The second kappa shape index (κ2) is 4.94. The van der Waals surface area contributed by atoms with Crippen molar-refractivity contribution >= 4 is 33.2 Å². The number of alkyl halides is 2. The van der Waals surface area contributed by atoms with Crippen molar-refractivity contribution in [3.63, 3.8) is 0 Å². The Hall–Kier alpha value is -0.350. The topological polar surface area (TPSA) is 12.0 Å². The van der Waals surface area contributed by atoms with E-state index in [1.807, 2.05) is 0 Å². The fraction of sp³-hybridized carbons (Fsp3) is 0.333. The Morgan fingerprint density at radius 1 is 1.43 bits per heavy atom. The number of hydrogen-bond acceptors (Lipinski definition) is 1. The van der Waals surface area contributed by atoms with Crippen molar-refractivity contribution < 1.29 is 8.78 Å². The molecular formula is C9H9BrClF2N. The van der Waals surface area contributed by atoms with Crippen molar-refractivity contribution in [1.82, 2.24) is 0 Å². The van der Waals surface area contributed by atoms with E-state index >= 15 is 0 Å². The van der Waals surface area contributed by atoms with Gasteiger partial charge in [-0.05, 0) is 41.1 Å². The van der Waals surface area contributed by atoms with Gasteiger partial charge in [-0.3, -0.25) is 0 Å². The molecule has 0 aliphatic heterocycles. The molecule has 0 heterocycles. The van der Waals surface area contributed by atoms with Crippen molar-refractivity contribution in [2.24, 2.45) is 0 Å². The van der Waals surface area contributed by atoms with Gasteiger partial charge in [-0.15, -0.1) is 0 Å². The average Bonchev–Trinajstić information content (AvgIpc) is 2.11. The number of nitrogens with one attached hydrogen (secondary N) is 1. The second-order valence-electron chi connectivity index (χ2n) is 2.90. The van der Waals surface area contributed by atoms with Crippen molar-refractivity contribution in [2.75, 3.05) is 5.32 Å². The summed E-state index contributed by atoms with van der Waals surface area (Å²) < 4.78 is 25.1. The predicted molar refractivity (Wildman–Crippen MR) is 58.2 cm³/mol.